The molecule has 242 valence electrons. The third kappa shape index (κ3) is 4.06. The fourth-order valence-corrected chi connectivity index (χ4v) is 7.82. The number of hydrogen-bond donors (Lipinski definition) is 7. The summed E-state index contributed by atoms with van der Waals surface area (Å²) in [5, 5.41) is 72.6. The van der Waals surface area contributed by atoms with E-state index in [1.165, 1.54) is 0 Å². The van der Waals surface area contributed by atoms with E-state index < -0.39 is 101 Å². The molecule has 11 atom stereocenters. The zero-order valence-electron chi connectivity index (χ0n) is 23.8. The van der Waals surface area contributed by atoms with E-state index in [1.54, 1.807) is 37.3 Å². The summed E-state index contributed by atoms with van der Waals surface area (Å²) in [4.78, 5) is 25.5. The van der Waals surface area contributed by atoms with Crippen LogP contribution in [0.4, 0.5) is 0 Å². The minimum Gasteiger partial charge on any atom is -0.504 e. The largest absolute Gasteiger partial charge is 0.504 e. The van der Waals surface area contributed by atoms with Crippen molar-refractivity contribution in [3.8, 4) is 17.2 Å². The molecule has 7 fully saturated rings. The van der Waals surface area contributed by atoms with Crippen LogP contribution in [-0.4, -0.2) is 115 Å². The van der Waals surface area contributed by atoms with E-state index in [-0.39, 0.29) is 25.0 Å². The maximum atomic E-state index is 12.9. The number of rotatable bonds is 8. The van der Waals surface area contributed by atoms with Crippen LogP contribution >= 0.6 is 0 Å². The molecular weight excluding hydrogens is 600 g/mol. The first kappa shape index (κ1) is 30.1. The number of esters is 2. The molecule has 0 radical (unpaired) electrons. The number of phenols is 3. The Bertz CT molecular complexity index is 1510. The van der Waals surface area contributed by atoms with Crippen LogP contribution in [0, 0.1) is 11.3 Å². The smallest absolute Gasteiger partial charge is 0.338 e. The Balaban J connectivity index is 1.11. The lowest BCUT2D eigenvalue weighted by Gasteiger charge is -2.67. The molecule has 0 spiro atoms. The van der Waals surface area contributed by atoms with Gasteiger partial charge in [0, 0.05) is 12.3 Å². The first-order valence-electron chi connectivity index (χ1n) is 14.3. The van der Waals surface area contributed by atoms with Crippen molar-refractivity contribution in [2.75, 3.05) is 13.2 Å². The van der Waals surface area contributed by atoms with Crippen molar-refractivity contribution in [3.63, 3.8) is 0 Å². The number of benzene rings is 2. The van der Waals surface area contributed by atoms with Crippen LogP contribution in [0.15, 0.2) is 42.5 Å². The molecule has 15 nitrogen and oxygen atoms in total. The summed E-state index contributed by atoms with van der Waals surface area (Å²) in [5.41, 5.74) is -3.78. The maximum absolute atomic E-state index is 12.9. The standard InChI is InChI=1S/C30H32O15/c1-27-11-29(39)18-9-30(27,28(18,26(44-27)45-29)12-41-23(37)13-5-3-2-4-6-13)43-25-22(36)21(35)20(34)17(42-25)10-40-24(38)14-7-15(31)19(33)16(32)8-14/h2-8,17-18,20-22,25-26,31-36,39H,9-12H2,1H3/t17-,18-,20-,21+,22-,25+,26-,27-,28?,29-,30+/m1/s1. The molecule has 2 aromatic rings. The third-order valence-electron chi connectivity index (χ3n) is 10.1. The van der Waals surface area contributed by atoms with Crippen molar-refractivity contribution in [1.82, 2.24) is 0 Å². The fourth-order valence-electron chi connectivity index (χ4n) is 7.82. The lowest BCUT2D eigenvalue weighted by Crippen LogP contribution is -2.80. The van der Waals surface area contributed by atoms with Crippen LogP contribution in [0.25, 0.3) is 0 Å². The Morgan fingerprint density at radius 3 is 2.27 bits per heavy atom. The van der Waals surface area contributed by atoms with Gasteiger partial charge in [-0.3, -0.25) is 0 Å². The molecule has 45 heavy (non-hydrogen) atoms. The molecule has 4 aliphatic heterocycles. The number of aliphatic hydroxyl groups is 4. The first-order chi connectivity index (χ1) is 21.3. The van der Waals surface area contributed by atoms with Gasteiger partial charge in [0.05, 0.1) is 16.5 Å². The van der Waals surface area contributed by atoms with Crippen molar-refractivity contribution in [3.05, 3.63) is 53.6 Å². The zero-order valence-corrected chi connectivity index (χ0v) is 23.8. The van der Waals surface area contributed by atoms with Crippen LogP contribution in [-0.2, 0) is 28.4 Å². The van der Waals surface area contributed by atoms with Gasteiger partial charge in [0.15, 0.2) is 35.6 Å². The summed E-state index contributed by atoms with van der Waals surface area (Å²) in [7, 11) is 0. The van der Waals surface area contributed by atoms with Crippen LogP contribution in [0.1, 0.15) is 40.5 Å². The summed E-state index contributed by atoms with van der Waals surface area (Å²) < 4.78 is 35.3. The first-order valence-corrected chi connectivity index (χ1v) is 14.3. The van der Waals surface area contributed by atoms with Gasteiger partial charge in [-0.2, -0.15) is 0 Å². The molecule has 3 saturated carbocycles. The summed E-state index contributed by atoms with van der Waals surface area (Å²) in [5.74, 6) is -6.19. The number of aromatic hydroxyl groups is 3. The van der Waals surface area contributed by atoms with Crippen LogP contribution in [0.3, 0.4) is 0 Å². The van der Waals surface area contributed by atoms with Gasteiger partial charge in [-0.15, -0.1) is 0 Å². The second-order valence-corrected chi connectivity index (χ2v) is 12.5. The highest BCUT2D eigenvalue weighted by atomic mass is 16.8. The monoisotopic (exact) mass is 632 g/mol. The number of ether oxygens (including phenoxy) is 6. The minimum atomic E-state index is -1.81. The molecule has 2 aromatic carbocycles. The normalized spacial score (nSPS) is 42.3. The molecule has 1 unspecified atom stereocenters. The minimum absolute atomic E-state index is 0.00307. The van der Waals surface area contributed by atoms with Gasteiger partial charge in [-0.05, 0) is 37.6 Å². The molecule has 6 bridgehead atoms. The topological polar surface area (TPSA) is 231 Å². The van der Waals surface area contributed by atoms with Gasteiger partial charge in [0.1, 0.15) is 48.8 Å². The number of carbonyl (C=O) groups is 2. The molecule has 0 aromatic heterocycles. The van der Waals surface area contributed by atoms with Crippen molar-refractivity contribution in [2.45, 2.75) is 73.8 Å². The van der Waals surface area contributed by atoms with E-state index in [0.29, 0.717) is 5.56 Å². The Hall–Kier alpha value is -3.54. The van der Waals surface area contributed by atoms with Crippen LogP contribution < -0.4 is 0 Å². The molecule has 7 aliphatic rings. The summed E-state index contributed by atoms with van der Waals surface area (Å²) in [6.07, 6.45) is -9.21. The van der Waals surface area contributed by atoms with E-state index in [9.17, 15) is 45.3 Å². The fraction of sp³-hybridized carbons (Fsp3) is 0.533. The summed E-state index contributed by atoms with van der Waals surface area (Å²) in [6.45, 7) is 0.780. The average Bonchev–Trinajstić information content (AvgIpc) is 3.20. The van der Waals surface area contributed by atoms with Gasteiger partial charge < -0.3 is 64.2 Å². The van der Waals surface area contributed by atoms with E-state index in [1.807, 2.05) is 0 Å². The molecule has 9 rings (SSSR count). The van der Waals surface area contributed by atoms with Gasteiger partial charge in [0.25, 0.3) is 0 Å². The Kier molecular flexibility index (Phi) is 6.68. The Morgan fingerprint density at radius 2 is 1.58 bits per heavy atom. The van der Waals surface area contributed by atoms with Gasteiger partial charge in [-0.25, -0.2) is 9.59 Å². The summed E-state index contributed by atoms with van der Waals surface area (Å²) in [6, 6.07) is 10.0. The van der Waals surface area contributed by atoms with Crippen molar-refractivity contribution >= 4 is 11.9 Å². The second-order valence-electron chi connectivity index (χ2n) is 12.5. The molecule has 4 saturated heterocycles. The molecule has 15 heteroatoms. The third-order valence-corrected chi connectivity index (χ3v) is 10.1. The SMILES string of the molecule is C[C@]12C[C@@]3(O)O[C@@H](O1)C1(COC(=O)c4ccccc4)[C@H]3C[C@@]12O[C@@H]1O[C@H](COC(=O)c2cc(O)c(O)c(O)c2)[C@@H](O)[C@H](O)[C@H]1O. The number of phenolic OH excluding ortho intramolecular Hbond substituents is 3. The lowest BCUT2D eigenvalue weighted by atomic mass is 9.41. The van der Waals surface area contributed by atoms with Crippen molar-refractivity contribution in [1.29, 1.82) is 0 Å². The molecule has 3 aliphatic carbocycles. The Labute approximate surface area is 255 Å². The van der Waals surface area contributed by atoms with E-state index in [4.69, 9.17) is 28.4 Å². The zero-order chi connectivity index (χ0) is 32.1. The summed E-state index contributed by atoms with van der Waals surface area (Å²) >= 11 is 0. The predicted molar refractivity (Wildman–Crippen MR) is 143 cm³/mol. The van der Waals surface area contributed by atoms with E-state index in [0.717, 1.165) is 12.1 Å². The van der Waals surface area contributed by atoms with Crippen molar-refractivity contribution < 1.29 is 73.8 Å². The predicted octanol–water partition coefficient (Wildman–Crippen LogP) is -0.376. The molecule has 0 amide bonds. The van der Waals surface area contributed by atoms with Crippen LogP contribution in [0.2, 0.25) is 0 Å². The second kappa shape index (κ2) is 9.98. The number of hydrogen-bond acceptors (Lipinski definition) is 15. The molecule has 7 N–H and O–H groups in total. The Morgan fingerprint density at radius 1 is 0.911 bits per heavy atom. The number of carbonyl (C=O) groups excluding carboxylic acids is 2. The van der Waals surface area contributed by atoms with Crippen molar-refractivity contribution in [2.24, 2.45) is 11.3 Å². The van der Waals surface area contributed by atoms with Gasteiger partial charge in [-0.1, -0.05) is 18.2 Å². The highest BCUT2D eigenvalue weighted by Crippen LogP contribution is 2.81. The van der Waals surface area contributed by atoms with E-state index >= 15 is 0 Å². The lowest BCUT2D eigenvalue weighted by molar-refractivity contribution is -0.424. The van der Waals surface area contributed by atoms with Gasteiger partial charge >= 0.3 is 11.9 Å². The molecular formula is C30H32O15. The quantitative estimate of drug-likeness (QED) is 0.145. The van der Waals surface area contributed by atoms with Crippen LogP contribution in [0.5, 0.6) is 17.2 Å². The average molecular weight is 633 g/mol. The highest BCUT2D eigenvalue weighted by Gasteiger charge is 2.94. The molecule has 4 heterocycles. The highest BCUT2D eigenvalue weighted by molar-refractivity contribution is 5.91. The van der Waals surface area contributed by atoms with E-state index in [2.05, 4.69) is 0 Å². The van der Waals surface area contributed by atoms with Gasteiger partial charge in [0.2, 0.25) is 0 Å². The number of aliphatic hydroxyl groups excluding tert-OH is 3. The maximum Gasteiger partial charge on any atom is 0.338 e.